The number of nitrogens with one attached hydrogen (secondary N) is 2. The minimum atomic E-state index is 0.327. The minimum Gasteiger partial charge on any atom is -0.378 e. The van der Waals surface area contributed by atoms with Crippen LogP contribution in [0.15, 0.2) is 23.5 Å². The van der Waals surface area contributed by atoms with Crippen molar-refractivity contribution >= 4 is 5.96 Å². The average Bonchev–Trinajstić information content (AvgIpc) is 3.15. The summed E-state index contributed by atoms with van der Waals surface area (Å²) in [6.45, 7) is 8.83. The summed E-state index contributed by atoms with van der Waals surface area (Å²) in [5, 5.41) is 7.14. The summed E-state index contributed by atoms with van der Waals surface area (Å²) in [5.41, 5.74) is 2.89. The molecular weight excluding hydrogens is 324 g/mol. The predicted octanol–water partition coefficient (Wildman–Crippen LogP) is 3.23. The van der Waals surface area contributed by atoms with E-state index in [0.29, 0.717) is 17.6 Å². The monoisotopic (exact) mass is 358 g/mol. The van der Waals surface area contributed by atoms with Gasteiger partial charge in [-0.2, -0.15) is 0 Å². The Kier molecular flexibility index (Phi) is 6.52. The number of aromatic nitrogens is 1. The zero-order valence-electron chi connectivity index (χ0n) is 16.6. The second kappa shape index (κ2) is 8.85. The van der Waals surface area contributed by atoms with Crippen molar-refractivity contribution in [1.82, 2.24) is 15.6 Å². The van der Waals surface area contributed by atoms with Gasteiger partial charge in [0.15, 0.2) is 5.96 Å². The molecule has 1 heterocycles. The van der Waals surface area contributed by atoms with Crippen LogP contribution in [0.1, 0.15) is 57.1 Å². The summed E-state index contributed by atoms with van der Waals surface area (Å²) in [6, 6.07) is 2.58. The van der Waals surface area contributed by atoms with Crippen LogP contribution in [0.2, 0.25) is 0 Å². The lowest BCUT2D eigenvalue weighted by Gasteiger charge is -2.54. The molecule has 2 aliphatic rings. The van der Waals surface area contributed by atoms with Crippen LogP contribution in [-0.2, 0) is 11.2 Å². The Bertz CT molecular complexity index is 610. The lowest BCUT2D eigenvalue weighted by molar-refractivity contribution is -0.125. The lowest BCUT2D eigenvalue weighted by atomic mass is 9.60. The van der Waals surface area contributed by atoms with Gasteiger partial charge >= 0.3 is 0 Å². The predicted molar refractivity (Wildman–Crippen MR) is 107 cm³/mol. The molecule has 2 fully saturated rings. The second-order valence-corrected chi connectivity index (χ2v) is 7.63. The van der Waals surface area contributed by atoms with Crippen molar-refractivity contribution in [1.29, 1.82) is 0 Å². The lowest BCUT2D eigenvalue weighted by Crippen LogP contribution is -2.65. The SMILES string of the molecule is CCNC(=NCCc1ccncc1C)NC1CC(OCC)C12CCCC2. The maximum Gasteiger partial charge on any atom is 0.191 e. The fourth-order valence-corrected chi connectivity index (χ4v) is 4.64. The van der Waals surface area contributed by atoms with E-state index in [-0.39, 0.29) is 0 Å². The molecule has 2 unspecified atom stereocenters. The van der Waals surface area contributed by atoms with Gasteiger partial charge in [-0.1, -0.05) is 12.8 Å². The number of pyridine rings is 1. The van der Waals surface area contributed by atoms with Crippen LogP contribution in [0.4, 0.5) is 0 Å². The van der Waals surface area contributed by atoms with E-state index in [0.717, 1.165) is 38.5 Å². The highest BCUT2D eigenvalue weighted by Crippen LogP contribution is 2.54. The van der Waals surface area contributed by atoms with Crippen LogP contribution < -0.4 is 10.6 Å². The standard InChI is InChI=1S/C21H34N4O/c1-4-23-20(24-13-9-17-8-12-22-15-16(17)3)25-18-14-19(26-5-2)21(18)10-6-7-11-21/h8,12,15,18-19H,4-7,9-11,13-14H2,1-3H3,(H2,23,24,25). The van der Waals surface area contributed by atoms with Gasteiger partial charge < -0.3 is 15.4 Å². The number of ether oxygens (including phenoxy) is 1. The average molecular weight is 359 g/mol. The van der Waals surface area contributed by atoms with Crippen molar-refractivity contribution in [3.8, 4) is 0 Å². The number of hydrogen-bond acceptors (Lipinski definition) is 3. The van der Waals surface area contributed by atoms with Crippen molar-refractivity contribution in [3.63, 3.8) is 0 Å². The van der Waals surface area contributed by atoms with E-state index >= 15 is 0 Å². The molecule has 2 saturated carbocycles. The van der Waals surface area contributed by atoms with Crippen molar-refractivity contribution in [2.45, 2.75) is 71.4 Å². The van der Waals surface area contributed by atoms with Crippen molar-refractivity contribution in [2.24, 2.45) is 10.4 Å². The molecule has 26 heavy (non-hydrogen) atoms. The number of aliphatic imine (C=N–C) groups is 1. The normalized spacial score (nSPS) is 24.5. The summed E-state index contributed by atoms with van der Waals surface area (Å²) in [7, 11) is 0. The molecule has 2 aliphatic carbocycles. The molecule has 1 spiro atoms. The largest absolute Gasteiger partial charge is 0.378 e. The molecule has 3 rings (SSSR count). The minimum absolute atomic E-state index is 0.327. The number of rotatable bonds is 7. The number of aryl methyl sites for hydroxylation is 1. The van der Waals surface area contributed by atoms with E-state index in [1.165, 1.54) is 36.8 Å². The molecule has 0 aromatic carbocycles. The van der Waals surface area contributed by atoms with E-state index in [2.05, 4.69) is 42.5 Å². The molecule has 1 aromatic heterocycles. The van der Waals surface area contributed by atoms with Gasteiger partial charge in [-0.05, 0) is 63.6 Å². The molecule has 2 atom stereocenters. The maximum absolute atomic E-state index is 6.03. The molecule has 144 valence electrons. The van der Waals surface area contributed by atoms with E-state index in [1.807, 2.05) is 12.4 Å². The van der Waals surface area contributed by atoms with E-state index < -0.39 is 0 Å². The summed E-state index contributed by atoms with van der Waals surface area (Å²) < 4.78 is 6.03. The topological polar surface area (TPSA) is 58.5 Å². The first-order valence-corrected chi connectivity index (χ1v) is 10.3. The molecule has 5 heteroatoms. The van der Waals surface area contributed by atoms with Crippen LogP contribution in [0.3, 0.4) is 0 Å². The Labute approximate surface area is 158 Å². The second-order valence-electron chi connectivity index (χ2n) is 7.63. The maximum atomic E-state index is 6.03. The highest BCUT2D eigenvalue weighted by molar-refractivity contribution is 5.80. The number of guanidine groups is 1. The molecule has 0 radical (unpaired) electrons. The quantitative estimate of drug-likeness (QED) is 0.580. The molecule has 5 nitrogen and oxygen atoms in total. The third-order valence-corrected chi connectivity index (χ3v) is 6.13. The van der Waals surface area contributed by atoms with Gasteiger partial charge in [-0.3, -0.25) is 9.98 Å². The summed E-state index contributed by atoms with van der Waals surface area (Å²) >= 11 is 0. The van der Waals surface area contributed by atoms with Gasteiger partial charge in [-0.25, -0.2) is 0 Å². The van der Waals surface area contributed by atoms with Gasteiger partial charge in [0, 0.05) is 43.5 Å². The first-order valence-electron chi connectivity index (χ1n) is 10.3. The van der Waals surface area contributed by atoms with Crippen LogP contribution in [-0.4, -0.2) is 42.8 Å². The fourth-order valence-electron chi connectivity index (χ4n) is 4.64. The third kappa shape index (κ3) is 4.03. The Balaban J connectivity index is 1.60. The van der Waals surface area contributed by atoms with Crippen LogP contribution in [0.5, 0.6) is 0 Å². The van der Waals surface area contributed by atoms with Crippen molar-refractivity contribution < 1.29 is 4.74 Å². The molecule has 0 bridgehead atoms. The third-order valence-electron chi connectivity index (χ3n) is 6.13. The zero-order chi connectivity index (χ0) is 18.4. The molecule has 0 saturated heterocycles. The van der Waals surface area contributed by atoms with E-state index in [9.17, 15) is 0 Å². The molecule has 1 aromatic rings. The summed E-state index contributed by atoms with van der Waals surface area (Å²) in [5.74, 6) is 0.949. The van der Waals surface area contributed by atoms with E-state index in [4.69, 9.17) is 9.73 Å². The van der Waals surface area contributed by atoms with Crippen LogP contribution >= 0.6 is 0 Å². The summed E-state index contributed by atoms with van der Waals surface area (Å²) in [4.78, 5) is 9.00. The zero-order valence-corrected chi connectivity index (χ0v) is 16.6. The first kappa shape index (κ1) is 19.2. The van der Waals surface area contributed by atoms with Gasteiger partial charge in [0.1, 0.15) is 0 Å². The van der Waals surface area contributed by atoms with Gasteiger partial charge in [0.25, 0.3) is 0 Å². The Morgan fingerprint density at radius 3 is 2.85 bits per heavy atom. The summed E-state index contributed by atoms with van der Waals surface area (Å²) in [6.07, 6.45) is 11.5. The van der Waals surface area contributed by atoms with Gasteiger partial charge in [-0.15, -0.1) is 0 Å². The van der Waals surface area contributed by atoms with Crippen LogP contribution in [0, 0.1) is 12.3 Å². The Morgan fingerprint density at radius 2 is 2.15 bits per heavy atom. The van der Waals surface area contributed by atoms with Crippen molar-refractivity contribution in [2.75, 3.05) is 19.7 Å². The first-order chi connectivity index (χ1) is 12.7. The highest BCUT2D eigenvalue weighted by Gasteiger charge is 2.56. The Morgan fingerprint density at radius 1 is 1.35 bits per heavy atom. The Hall–Kier alpha value is -1.62. The smallest absolute Gasteiger partial charge is 0.191 e. The molecular formula is C21H34N4O. The van der Waals surface area contributed by atoms with Gasteiger partial charge in [0.05, 0.1) is 6.10 Å². The van der Waals surface area contributed by atoms with E-state index in [1.54, 1.807) is 0 Å². The number of nitrogens with zero attached hydrogens (tertiary/aromatic N) is 2. The molecule has 2 N–H and O–H groups in total. The fraction of sp³-hybridized carbons (Fsp3) is 0.714. The highest BCUT2D eigenvalue weighted by atomic mass is 16.5. The van der Waals surface area contributed by atoms with Crippen LogP contribution in [0.25, 0.3) is 0 Å². The van der Waals surface area contributed by atoms with Crippen molar-refractivity contribution in [3.05, 3.63) is 29.6 Å². The number of hydrogen-bond donors (Lipinski definition) is 2. The molecule has 0 amide bonds. The molecule has 0 aliphatic heterocycles. The van der Waals surface area contributed by atoms with Gasteiger partial charge in [0.2, 0.25) is 0 Å².